The highest BCUT2D eigenvalue weighted by Crippen LogP contribution is 2.23. The number of aryl methyl sites for hydroxylation is 6. The van der Waals surface area contributed by atoms with Gasteiger partial charge in [-0.1, -0.05) is 137 Å². The van der Waals surface area contributed by atoms with Crippen LogP contribution in [0, 0.1) is 41.5 Å². The van der Waals surface area contributed by atoms with E-state index in [-0.39, 0.29) is 32.5 Å². The molecule has 0 fully saturated rings. The van der Waals surface area contributed by atoms with E-state index < -0.39 is 0 Å². The maximum absolute atomic E-state index is 4.35. The van der Waals surface area contributed by atoms with Gasteiger partial charge in [0.25, 0.3) is 0 Å². The first-order chi connectivity index (χ1) is 30.0. The van der Waals surface area contributed by atoms with Gasteiger partial charge in [0.05, 0.1) is 22.8 Å². The van der Waals surface area contributed by atoms with Crippen molar-refractivity contribution in [2.24, 2.45) is 0 Å². The molecule has 6 aromatic rings. The molecule has 0 aliphatic carbocycles. The van der Waals surface area contributed by atoms with Crippen LogP contribution >= 0.6 is 0 Å². The van der Waals surface area contributed by atoms with E-state index in [2.05, 4.69) is 206 Å². The van der Waals surface area contributed by atoms with Crippen LogP contribution in [0.3, 0.4) is 0 Å². The number of hydrogen-bond acceptors (Lipinski definition) is 10. The van der Waals surface area contributed by atoms with Crippen LogP contribution in [0.4, 0.5) is 0 Å². The highest BCUT2D eigenvalue weighted by molar-refractivity contribution is 5.21. The molecule has 0 aliphatic rings. The maximum Gasteiger partial charge on any atom is 0.133 e. The van der Waals surface area contributed by atoms with E-state index in [4.69, 9.17) is 0 Å². The molecule has 6 heterocycles. The lowest BCUT2D eigenvalue weighted by molar-refractivity contribution is 0.544. The fraction of sp³-hybridized carbons (Fsp3) is 0.536. The fourth-order valence-electron chi connectivity index (χ4n) is 4.96. The van der Waals surface area contributed by atoms with Crippen LogP contribution in [-0.4, -0.2) is 50.1 Å². The molecular formula is C56H86N10. The molecule has 10 heteroatoms. The summed E-state index contributed by atoms with van der Waals surface area (Å²) >= 11 is 0. The molecular weight excluding hydrogens is 813 g/mol. The molecule has 0 bridgehead atoms. The Labute approximate surface area is 401 Å². The van der Waals surface area contributed by atoms with Crippen molar-refractivity contribution in [1.29, 1.82) is 0 Å². The zero-order valence-corrected chi connectivity index (χ0v) is 45.6. The zero-order valence-electron chi connectivity index (χ0n) is 45.6. The molecule has 0 spiro atoms. The van der Waals surface area contributed by atoms with Crippen molar-refractivity contribution in [3.05, 3.63) is 154 Å². The van der Waals surface area contributed by atoms with Crippen molar-refractivity contribution in [1.82, 2.24) is 50.1 Å². The predicted octanol–water partition coefficient (Wildman–Crippen LogP) is 13.7. The Morgan fingerprint density at radius 1 is 0.273 bits per heavy atom. The van der Waals surface area contributed by atoms with Gasteiger partial charge in [0.2, 0.25) is 0 Å². The molecule has 0 N–H and O–H groups in total. The minimum Gasteiger partial charge on any atom is -0.261 e. The van der Waals surface area contributed by atoms with Crippen molar-refractivity contribution < 1.29 is 0 Å². The van der Waals surface area contributed by atoms with Gasteiger partial charge >= 0.3 is 0 Å². The van der Waals surface area contributed by atoms with Crippen LogP contribution in [-0.2, 0) is 32.5 Å². The summed E-state index contributed by atoms with van der Waals surface area (Å²) in [6, 6.07) is 12.4. The molecule has 0 unspecified atom stereocenters. The molecule has 360 valence electrons. The van der Waals surface area contributed by atoms with Crippen LogP contribution in [0.15, 0.2) is 86.0 Å². The van der Waals surface area contributed by atoms with Crippen LogP contribution in [0.25, 0.3) is 0 Å². The Bertz CT molecular complexity index is 1810. The Balaban J connectivity index is 0.000000396. The van der Waals surface area contributed by atoms with E-state index >= 15 is 0 Å². The van der Waals surface area contributed by atoms with Crippen LogP contribution in [0.1, 0.15) is 193 Å². The summed E-state index contributed by atoms with van der Waals surface area (Å²) in [4.78, 5) is 33.8. The van der Waals surface area contributed by atoms with Crippen molar-refractivity contribution in [2.45, 2.75) is 199 Å². The van der Waals surface area contributed by atoms with E-state index in [1.807, 2.05) is 90.1 Å². The van der Waals surface area contributed by atoms with E-state index in [1.165, 1.54) is 16.7 Å². The minimum absolute atomic E-state index is 0.0632. The third-order valence-electron chi connectivity index (χ3n) is 9.67. The molecule has 6 rings (SSSR count). The molecule has 0 saturated heterocycles. The Kier molecular flexibility index (Phi) is 22.2. The monoisotopic (exact) mass is 899 g/mol. The summed E-state index contributed by atoms with van der Waals surface area (Å²) in [6.45, 7) is 50.5. The molecule has 0 amide bonds. The number of pyridine rings is 2. The second kappa shape index (κ2) is 24.9. The molecule has 0 atom stereocenters. The Morgan fingerprint density at radius 3 is 1.08 bits per heavy atom. The second-order valence-corrected chi connectivity index (χ2v) is 23.1. The smallest absolute Gasteiger partial charge is 0.133 e. The minimum atomic E-state index is 0.0632. The summed E-state index contributed by atoms with van der Waals surface area (Å²) in [5.74, 6) is 1.74. The molecule has 0 aliphatic heterocycles. The van der Waals surface area contributed by atoms with Crippen LogP contribution in [0.5, 0.6) is 0 Å². The maximum atomic E-state index is 4.35. The van der Waals surface area contributed by atoms with Crippen molar-refractivity contribution in [3.8, 4) is 0 Å². The zero-order chi connectivity index (χ0) is 50.9. The SMILES string of the molecule is Cc1ccc(C(C)(C)C)cn1.Cc1ccc(C(C)(C)C)nc1.Cc1ccc(C(C)(C)C)nn1.Cc1cnc(C(C)(C)C)cn1.Cc1cnc(C(C)(C)C)nc1.Cc1ncc(C(C)(C)C)cn1. The quantitative estimate of drug-likeness (QED) is 0.145. The van der Waals surface area contributed by atoms with E-state index in [1.54, 1.807) is 6.20 Å². The predicted molar refractivity (Wildman–Crippen MR) is 277 cm³/mol. The van der Waals surface area contributed by atoms with Crippen molar-refractivity contribution in [3.63, 3.8) is 0 Å². The Morgan fingerprint density at radius 2 is 0.712 bits per heavy atom. The summed E-state index contributed by atoms with van der Waals surface area (Å²) in [6.07, 6.45) is 15.0. The topological polar surface area (TPSA) is 129 Å². The number of aromatic nitrogens is 10. The van der Waals surface area contributed by atoms with Gasteiger partial charge in [0.15, 0.2) is 0 Å². The molecule has 66 heavy (non-hydrogen) atoms. The first-order valence-electron chi connectivity index (χ1n) is 23.0. The van der Waals surface area contributed by atoms with Crippen molar-refractivity contribution >= 4 is 0 Å². The average Bonchev–Trinajstić information content (AvgIpc) is 3.18. The largest absolute Gasteiger partial charge is 0.261 e. The summed E-state index contributed by atoms with van der Waals surface area (Å²) in [5.41, 5.74) is 11.9. The van der Waals surface area contributed by atoms with Gasteiger partial charge in [0.1, 0.15) is 11.6 Å². The van der Waals surface area contributed by atoms with Gasteiger partial charge in [0, 0.05) is 82.6 Å². The highest BCUT2D eigenvalue weighted by Gasteiger charge is 2.18. The lowest BCUT2D eigenvalue weighted by Crippen LogP contribution is -2.15. The van der Waals surface area contributed by atoms with Gasteiger partial charge in [-0.3, -0.25) is 19.9 Å². The standard InChI is InChI=1S/2C10H15N.4C9H14N2/c1-8-5-6-9(7-11-8)10(2,3)4;1-8-5-6-9(11-7-8)10(2,3)4;1-7-10-5-8(6-11-7)9(2,3)4;1-7-5-11-8(6-10-7)9(2,3)4;1-7-5-10-8(11-6-7)9(2,3)4;1-7-5-6-8(11-10-7)9(2,3)4/h2*5-7H,1-4H3;4*5-6H,1-4H3. The van der Waals surface area contributed by atoms with E-state index in [9.17, 15) is 0 Å². The lowest BCUT2D eigenvalue weighted by Gasteiger charge is -2.17. The van der Waals surface area contributed by atoms with Gasteiger partial charge in [-0.2, -0.15) is 10.2 Å². The van der Waals surface area contributed by atoms with Gasteiger partial charge < -0.3 is 0 Å². The summed E-state index contributed by atoms with van der Waals surface area (Å²) in [7, 11) is 0. The number of nitrogens with zero attached hydrogens (tertiary/aromatic N) is 10. The first-order valence-corrected chi connectivity index (χ1v) is 23.0. The third kappa shape index (κ3) is 23.7. The first kappa shape index (κ1) is 58.6. The normalized spacial score (nSPS) is 11.6. The fourth-order valence-corrected chi connectivity index (χ4v) is 4.96. The summed E-state index contributed by atoms with van der Waals surface area (Å²) in [5, 5.41) is 8.10. The molecule has 0 radical (unpaired) electrons. The average molecular weight is 899 g/mol. The highest BCUT2D eigenvalue weighted by atomic mass is 15.1. The van der Waals surface area contributed by atoms with E-state index in [0.717, 1.165) is 51.4 Å². The van der Waals surface area contributed by atoms with Crippen LogP contribution in [0.2, 0.25) is 0 Å². The molecule has 6 aromatic heterocycles. The van der Waals surface area contributed by atoms with E-state index in [0.29, 0.717) is 0 Å². The molecule has 0 saturated carbocycles. The number of rotatable bonds is 0. The Hall–Kier alpha value is -5.38. The summed E-state index contributed by atoms with van der Waals surface area (Å²) < 4.78 is 0. The second-order valence-electron chi connectivity index (χ2n) is 23.1. The van der Waals surface area contributed by atoms with Crippen molar-refractivity contribution in [2.75, 3.05) is 0 Å². The van der Waals surface area contributed by atoms with Gasteiger partial charge in [-0.15, -0.1) is 0 Å². The van der Waals surface area contributed by atoms with Gasteiger partial charge in [-0.05, 0) is 98.9 Å². The molecule has 10 nitrogen and oxygen atoms in total. The number of hydrogen-bond donors (Lipinski definition) is 0. The molecule has 0 aromatic carbocycles. The third-order valence-corrected chi connectivity index (χ3v) is 9.67. The van der Waals surface area contributed by atoms with Crippen LogP contribution < -0.4 is 0 Å². The lowest BCUT2D eigenvalue weighted by atomic mass is 9.88. The van der Waals surface area contributed by atoms with Gasteiger partial charge in [-0.25, -0.2) is 19.9 Å².